The molecule has 0 bridgehead atoms. The fourth-order valence-electron chi connectivity index (χ4n) is 7.38. The molecule has 11 nitrogen and oxygen atoms in total. The number of anilines is 1. The number of pyridine rings is 1. The van der Waals surface area contributed by atoms with Gasteiger partial charge in [0.15, 0.2) is 11.3 Å². The Morgan fingerprint density at radius 1 is 1.04 bits per heavy atom. The molecule has 2 aromatic carbocycles. The first-order valence-corrected chi connectivity index (χ1v) is 18.1. The second kappa shape index (κ2) is 15.3. The number of hydrogen-bond donors (Lipinski definition) is 3. The molecular weight excluding hydrogens is 647 g/mol. The van der Waals surface area contributed by atoms with Gasteiger partial charge >= 0.3 is 0 Å². The Bertz CT molecular complexity index is 1990. The maximum Gasteiger partial charge on any atom is 0.273 e. The number of carbonyl (C=O) groups is 1. The van der Waals surface area contributed by atoms with Crippen LogP contribution in [0.3, 0.4) is 0 Å². The van der Waals surface area contributed by atoms with Crippen LogP contribution in [-0.4, -0.2) is 75.0 Å². The number of fused-ring (bicyclic) bond motifs is 1. The van der Waals surface area contributed by atoms with Gasteiger partial charge in [-0.25, -0.2) is 19.0 Å². The highest BCUT2D eigenvalue weighted by molar-refractivity contribution is 5.99. The molecule has 2 fully saturated rings. The van der Waals surface area contributed by atoms with Crippen LogP contribution >= 0.6 is 0 Å². The van der Waals surface area contributed by atoms with Gasteiger partial charge in [-0.2, -0.15) is 5.10 Å². The molecule has 12 heteroatoms. The molecule has 0 unspecified atom stereocenters. The molecular formula is C39H47FN8O3. The summed E-state index contributed by atoms with van der Waals surface area (Å²) in [7, 11) is 0. The number of oxazole rings is 1. The normalized spacial score (nSPS) is 18.7. The van der Waals surface area contributed by atoms with Gasteiger partial charge in [0.25, 0.3) is 5.91 Å². The van der Waals surface area contributed by atoms with Crippen molar-refractivity contribution in [2.45, 2.75) is 84.7 Å². The molecule has 2 saturated heterocycles. The Morgan fingerprint density at radius 3 is 2.61 bits per heavy atom. The minimum absolute atomic E-state index is 0.153. The average molecular weight is 695 g/mol. The first-order valence-electron chi connectivity index (χ1n) is 18.1. The predicted molar refractivity (Wildman–Crippen MR) is 196 cm³/mol. The minimum atomic E-state index is -0.387. The van der Waals surface area contributed by atoms with Gasteiger partial charge in [-0.15, -0.1) is 0 Å². The quantitative estimate of drug-likeness (QED) is 0.149. The first-order chi connectivity index (χ1) is 24.8. The third-order valence-electron chi connectivity index (χ3n) is 9.78. The van der Waals surface area contributed by atoms with Crippen molar-refractivity contribution >= 4 is 22.6 Å². The second-order valence-corrected chi connectivity index (χ2v) is 13.8. The minimum Gasteiger partial charge on any atom is -0.443 e. The number of rotatable bonds is 11. The van der Waals surface area contributed by atoms with Gasteiger partial charge < -0.3 is 25.1 Å². The molecule has 51 heavy (non-hydrogen) atoms. The van der Waals surface area contributed by atoms with Gasteiger partial charge in [0.05, 0.1) is 28.5 Å². The summed E-state index contributed by atoms with van der Waals surface area (Å²) in [5, 5.41) is 15.7. The number of aromatic nitrogens is 4. The lowest BCUT2D eigenvalue weighted by molar-refractivity contribution is 0.0904. The molecule has 3 aromatic heterocycles. The zero-order valence-electron chi connectivity index (χ0n) is 29.8. The third-order valence-corrected chi connectivity index (χ3v) is 9.78. The smallest absolute Gasteiger partial charge is 0.273 e. The van der Waals surface area contributed by atoms with E-state index in [0.29, 0.717) is 49.7 Å². The Balaban J connectivity index is 1.09. The van der Waals surface area contributed by atoms with Crippen LogP contribution in [-0.2, 0) is 30.8 Å². The summed E-state index contributed by atoms with van der Waals surface area (Å²) < 4.78 is 28.7. The summed E-state index contributed by atoms with van der Waals surface area (Å²) in [5.41, 5.74) is 6.57. The molecule has 1 amide bonds. The van der Waals surface area contributed by atoms with Gasteiger partial charge in [-0.3, -0.25) is 9.69 Å². The van der Waals surface area contributed by atoms with E-state index in [0.717, 1.165) is 77.1 Å². The van der Waals surface area contributed by atoms with Crippen molar-refractivity contribution in [2.24, 2.45) is 0 Å². The number of carbonyl (C=O) groups excluding carboxylic acids is 1. The van der Waals surface area contributed by atoms with Crippen molar-refractivity contribution < 1.29 is 18.3 Å². The number of ether oxygens (including phenoxy) is 1. The highest BCUT2D eigenvalue weighted by Gasteiger charge is 2.26. The van der Waals surface area contributed by atoms with Crippen molar-refractivity contribution in [3.8, 4) is 22.6 Å². The van der Waals surface area contributed by atoms with Crippen molar-refractivity contribution in [1.82, 2.24) is 35.3 Å². The number of aryl methyl sites for hydroxylation is 2. The summed E-state index contributed by atoms with van der Waals surface area (Å²) >= 11 is 0. The maximum absolute atomic E-state index is 15.2. The Labute approximate surface area is 298 Å². The van der Waals surface area contributed by atoms with E-state index in [1.165, 1.54) is 12.3 Å². The van der Waals surface area contributed by atoms with Crippen molar-refractivity contribution in [2.75, 3.05) is 31.6 Å². The lowest BCUT2D eigenvalue weighted by Crippen LogP contribution is -2.53. The summed E-state index contributed by atoms with van der Waals surface area (Å²) in [5.74, 6) is -0.374. The topological polar surface area (TPSA) is 122 Å². The largest absolute Gasteiger partial charge is 0.443 e. The molecule has 2 aliphatic heterocycles. The molecule has 0 radical (unpaired) electrons. The maximum atomic E-state index is 15.2. The second-order valence-electron chi connectivity index (χ2n) is 13.8. The number of nitrogens with one attached hydrogen (secondary N) is 3. The van der Waals surface area contributed by atoms with E-state index in [2.05, 4.69) is 56.9 Å². The molecule has 5 aromatic rings. The van der Waals surface area contributed by atoms with E-state index in [9.17, 15) is 4.79 Å². The summed E-state index contributed by atoms with van der Waals surface area (Å²) in [6.07, 6.45) is 5.59. The molecule has 0 saturated carbocycles. The Hall–Kier alpha value is -4.65. The molecule has 3 N–H and O–H groups in total. The van der Waals surface area contributed by atoms with Crippen LogP contribution in [0.15, 0.2) is 59.3 Å². The van der Waals surface area contributed by atoms with Gasteiger partial charge in [0, 0.05) is 69.6 Å². The van der Waals surface area contributed by atoms with Crippen LogP contribution in [0, 0.1) is 5.82 Å². The SMILES string of the molecule is CCc1nc2c(cnn2CC)c(NC2CCOCC2)c1-c1nc(C(=O)NCc2ccc(F)c(-c3cccc(CN4C[C@@H](C)N[C@@H](C)C4)c3)c2)co1. The van der Waals surface area contributed by atoms with Crippen molar-refractivity contribution in [3.63, 3.8) is 0 Å². The number of piperazine rings is 1. The molecule has 268 valence electrons. The number of benzene rings is 2. The highest BCUT2D eigenvalue weighted by Crippen LogP contribution is 2.38. The third kappa shape index (κ3) is 7.68. The predicted octanol–water partition coefficient (Wildman–Crippen LogP) is 6.18. The molecule has 2 aliphatic rings. The zero-order valence-corrected chi connectivity index (χ0v) is 29.8. The van der Waals surface area contributed by atoms with Crippen LogP contribution in [0.5, 0.6) is 0 Å². The van der Waals surface area contributed by atoms with E-state index < -0.39 is 0 Å². The van der Waals surface area contributed by atoms with Gasteiger partial charge in [0.2, 0.25) is 5.89 Å². The van der Waals surface area contributed by atoms with Crippen LogP contribution in [0.25, 0.3) is 33.6 Å². The molecule has 0 aliphatic carbocycles. The molecule has 0 spiro atoms. The standard InChI is InChI=1S/C39H47FN8O3/c1-5-33-35(36(44-29-12-14-50-15-13-29)31-19-42-48(6-2)37(31)45-33)39-46-34(23-51-39)38(49)41-18-26-10-11-32(40)30(17-26)28-9-7-8-27(16-28)22-47-20-24(3)43-25(4)21-47/h7-11,16-17,19,23-25,29,43H,5-6,12-15,18,20-22H2,1-4H3,(H,41,49)(H,44,45)/t24-,25+. The van der Waals surface area contributed by atoms with Crippen LogP contribution in [0.1, 0.15) is 67.8 Å². The fraction of sp³-hybridized carbons (Fsp3) is 0.436. The van der Waals surface area contributed by atoms with E-state index in [1.54, 1.807) is 12.1 Å². The number of nitrogens with zero attached hydrogens (tertiary/aromatic N) is 5. The van der Waals surface area contributed by atoms with Crippen molar-refractivity contribution in [1.29, 1.82) is 0 Å². The van der Waals surface area contributed by atoms with Crippen LogP contribution < -0.4 is 16.0 Å². The average Bonchev–Trinajstić information content (AvgIpc) is 3.79. The lowest BCUT2D eigenvalue weighted by atomic mass is 9.99. The molecule has 5 heterocycles. The highest BCUT2D eigenvalue weighted by atomic mass is 19.1. The van der Waals surface area contributed by atoms with Crippen LogP contribution in [0.4, 0.5) is 10.1 Å². The summed E-state index contributed by atoms with van der Waals surface area (Å²) in [6.45, 7) is 13.5. The lowest BCUT2D eigenvalue weighted by Gasteiger charge is -2.36. The Morgan fingerprint density at radius 2 is 1.84 bits per heavy atom. The number of hydrogen-bond acceptors (Lipinski definition) is 9. The molecule has 7 rings (SSSR count). The zero-order chi connectivity index (χ0) is 35.5. The fourth-order valence-corrected chi connectivity index (χ4v) is 7.38. The number of amides is 1. The number of halogens is 1. The van der Waals surface area contributed by atoms with E-state index in [-0.39, 0.29) is 30.0 Å². The summed E-state index contributed by atoms with van der Waals surface area (Å²) in [4.78, 5) is 25.5. The monoisotopic (exact) mass is 694 g/mol. The van der Waals surface area contributed by atoms with Gasteiger partial charge in [-0.05, 0) is 74.9 Å². The van der Waals surface area contributed by atoms with Gasteiger partial charge in [0.1, 0.15) is 12.1 Å². The van der Waals surface area contributed by atoms with E-state index in [1.807, 2.05) is 36.9 Å². The summed E-state index contributed by atoms with van der Waals surface area (Å²) in [6, 6.07) is 14.1. The van der Waals surface area contributed by atoms with Crippen molar-refractivity contribution in [3.05, 3.63) is 83.3 Å². The van der Waals surface area contributed by atoms with E-state index >= 15 is 4.39 Å². The van der Waals surface area contributed by atoms with Crippen LogP contribution in [0.2, 0.25) is 0 Å². The van der Waals surface area contributed by atoms with E-state index in [4.69, 9.17) is 14.1 Å². The Kier molecular flexibility index (Phi) is 10.4. The van der Waals surface area contributed by atoms with Gasteiger partial charge in [-0.1, -0.05) is 31.2 Å². The first kappa shape index (κ1) is 34.8. The molecule has 2 atom stereocenters.